The summed E-state index contributed by atoms with van der Waals surface area (Å²) in [6.45, 7) is 1.92. The number of carbonyl (C=O) groups excluding carboxylic acids is 2. The van der Waals surface area contributed by atoms with E-state index in [4.69, 9.17) is 0 Å². The number of ketones is 1. The predicted octanol–water partition coefficient (Wildman–Crippen LogP) is 5.03. The molecule has 0 aromatic carbocycles. The van der Waals surface area contributed by atoms with E-state index in [9.17, 15) is 14.5 Å². The van der Waals surface area contributed by atoms with Gasteiger partial charge in [-0.05, 0) is 57.4 Å². The second-order valence-corrected chi connectivity index (χ2v) is 5.98. The maximum atomic E-state index is 11.0. The van der Waals surface area contributed by atoms with E-state index in [0.29, 0.717) is 12.2 Å². The highest BCUT2D eigenvalue weighted by molar-refractivity contribution is 5.90. The van der Waals surface area contributed by atoms with Gasteiger partial charge in [0.05, 0.1) is 0 Å². The molecule has 0 aromatic heterocycles. The molecule has 4 heteroatoms. The van der Waals surface area contributed by atoms with Crippen LogP contribution in [-0.2, 0) is 9.59 Å². The molecule has 0 atom stereocenters. The van der Waals surface area contributed by atoms with Crippen LogP contribution in [0.4, 0.5) is 0 Å². The van der Waals surface area contributed by atoms with Crippen LogP contribution in [0.3, 0.4) is 0 Å². The third-order valence-electron chi connectivity index (χ3n) is 4.12. The molecule has 1 amide bonds. The van der Waals surface area contributed by atoms with Gasteiger partial charge in [0.15, 0.2) is 5.78 Å². The van der Waals surface area contributed by atoms with E-state index in [0.717, 1.165) is 44.1 Å². The normalized spacial score (nSPS) is 17.9. The monoisotopic (exact) mass is 305 g/mol. The highest BCUT2D eigenvalue weighted by atomic mass is 16.3. The van der Waals surface area contributed by atoms with Crippen molar-refractivity contribution in [3.8, 4) is 0 Å². The summed E-state index contributed by atoms with van der Waals surface area (Å²) >= 11 is 0. The SMILES string of the molecule is CCC(=O)C=C1CCCCC1.O=NC(=O)C=C1CCCCC1. The Kier molecular flexibility index (Phi) is 9.28. The van der Waals surface area contributed by atoms with E-state index >= 15 is 0 Å². The molecule has 2 fully saturated rings. The van der Waals surface area contributed by atoms with Crippen molar-refractivity contribution in [2.75, 3.05) is 0 Å². The van der Waals surface area contributed by atoms with Crippen LogP contribution in [0.25, 0.3) is 0 Å². The lowest BCUT2D eigenvalue weighted by atomic mass is 9.94. The van der Waals surface area contributed by atoms with Crippen LogP contribution >= 0.6 is 0 Å². The number of nitroso groups, excluding NO2 is 1. The van der Waals surface area contributed by atoms with Gasteiger partial charge in [-0.25, -0.2) is 0 Å². The Labute approximate surface area is 133 Å². The lowest BCUT2D eigenvalue weighted by Crippen LogP contribution is -1.97. The lowest BCUT2D eigenvalue weighted by Gasteiger charge is -2.12. The van der Waals surface area contributed by atoms with Crippen LogP contribution in [-0.4, -0.2) is 11.7 Å². The van der Waals surface area contributed by atoms with Crippen LogP contribution in [0.5, 0.6) is 0 Å². The summed E-state index contributed by atoms with van der Waals surface area (Å²) in [6.07, 6.45) is 15.5. The predicted molar refractivity (Wildman–Crippen MR) is 88.4 cm³/mol. The highest BCUT2D eigenvalue weighted by Gasteiger charge is 2.07. The summed E-state index contributed by atoms with van der Waals surface area (Å²) in [4.78, 5) is 31.3. The van der Waals surface area contributed by atoms with E-state index in [1.54, 1.807) is 0 Å². The fourth-order valence-corrected chi connectivity index (χ4v) is 2.83. The van der Waals surface area contributed by atoms with Crippen molar-refractivity contribution < 1.29 is 9.59 Å². The van der Waals surface area contributed by atoms with Crippen LogP contribution in [0.1, 0.15) is 77.6 Å². The van der Waals surface area contributed by atoms with Gasteiger partial charge in [-0.2, -0.15) is 0 Å². The fraction of sp³-hybridized carbons (Fsp3) is 0.667. The molecule has 22 heavy (non-hydrogen) atoms. The van der Waals surface area contributed by atoms with Gasteiger partial charge in [0, 0.05) is 17.7 Å². The van der Waals surface area contributed by atoms with Gasteiger partial charge in [-0.15, -0.1) is 4.91 Å². The largest absolute Gasteiger partial charge is 0.309 e. The minimum atomic E-state index is -0.637. The first-order valence-corrected chi connectivity index (χ1v) is 8.44. The van der Waals surface area contributed by atoms with Gasteiger partial charge < -0.3 is 0 Å². The van der Waals surface area contributed by atoms with E-state index in [2.05, 4.69) is 5.18 Å². The number of hydrogen-bond acceptors (Lipinski definition) is 3. The molecule has 2 aliphatic carbocycles. The van der Waals surface area contributed by atoms with Crippen molar-refractivity contribution in [3.63, 3.8) is 0 Å². The van der Waals surface area contributed by atoms with E-state index in [1.807, 2.05) is 13.0 Å². The molecule has 2 rings (SSSR count). The minimum absolute atomic E-state index is 0.293. The summed E-state index contributed by atoms with van der Waals surface area (Å²) in [5.74, 6) is -0.344. The number of nitrogens with zero attached hydrogens (tertiary/aromatic N) is 1. The Morgan fingerprint density at radius 3 is 1.73 bits per heavy atom. The number of amides is 1. The number of allylic oxidation sites excluding steroid dienone is 3. The average molecular weight is 305 g/mol. The van der Waals surface area contributed by atoms with Gasteiger partial charge >= 0.3 is 5.91 Å². The summed E-state index contributed by atoms with van der Waals surface area (Å²) in [6, 6.07) is 0. The number of rotatable bonds is 3. The standard InChI is InChI=1S/C10H16O.C8H11NO2/c1-2-10(11)8-9-6-4-3-5-7-9;10-8(9-11)6-7-4-2-1-3-5-7/h8H,2-7H2,1H3;6H,1-5H2. The van der Waals surface area contributed by atoms with Crippen molar-refractivity contribution in [1.82, 2.24) is 0 Å². The summed E-state index contributed by atoms with van der Waals surface area (Å²) in [5, 5.41) is 2.32. The molecule has 0 bridgehead atoms. The Bertz CT molecular complexity index is 433. The zero-order valence-electron chi connectivity index (χ0n) is 13.6. The average Bonchev–Trinajstić information content (AvgIpc) is 2.57. The van der Waals surface area contributed by atoms with Gasteiger partial charge in [-0.3, -0.25) is 9.59 Å². The molecular weight excluding hydrogens is 278 g/mol. The maximum absolute atomic E-state index is 11.0. The molecule has 0 N–H and O–H groups in total. The van der Waals surface area contributed by atoms with Crippen molar-refractivity contribution >= 4 is 11.7 Å². The molecule has 0 aliphatic heterocycles. The van der Waals surface area contributed by atoms with E-state index < -0.39 is 5.91 Å². The molecule has 0 radical (unpaired) electrons. The molecule has 0 heterocycles. The molecule has 2 saturated carbocycles. The molecule has 0 aromatic rings. The van der Waals surface area contributed by atoms with Crippen LogP contribution in [0.2, 0.25) is 0 Å². The molecule has 0 unspecified atom stereocenters. The van der Waals surface area contributed by atoms with Gasteiger partial charge in [0.2, 0.25) is 0 Å². The Morgan fingerprint density at radius 2 is 1.32 bits per heavy atom. The first-order chi connectivity index (χ1) is 10.7. The topological polar surface area (TPSA) is 63.6 Å². The summed E-state index contributed by atoms with van der Waals surface area (Å²) in [7, 11) is 0. The van der Waals surface area contributed by atoms with E-state index in [1.165, 1.54) is 37.3 Å². The number of carbonyl (C=O) groups is 2. The van der Waals surface area contributed by atoms with Crippen LogP contribution in [0.15, 0.2) is 28.5 Å². The minimum Gasteiger partial charge on any atom is -0.295 e. The van der Waals surface area contributed by atoms with Gasteiger partial charge in [0.1, 0.15) is 0 Å². The van der Waals surface area contributed by atoms with Gasteiger partial charge in [0.25, 0.3) is 0 Å². The van der Waals surface area contributed by atoms with Crippen LogP contribution < -0.4 is 0 Å². The number of hydrogen-bond donors (Lipinski definition) is 0. The Balaban J connectivity index is 0.000000220. The molecule has 0 saturated heterocycles. The zero-order valence-corrected chi connectivity index (χ0v) is 13.6. The van der Waals surface area contributed by atoms with Crippen molar-refractivity contribution in [2.45, 2.75) is 77.6 Å². The lowest BCUT2D eigenvalue weighted by molar-refractivity contribution is -0.114. The summed E-state index contributed by atoms with van der Waals surface area (Å²) in [5.41, 5.74) is 2.46. The first-order valence-electron chi connectivity index (χ1n) is 8.44. The second kappa shape index (κ2) is 11.0. The second-order valence-electron chi connectivity index (χ2n) is 5.98. The Hall–Kier alpha value is -1.58. The highest BCUT2D eigenvalue weighted by Crippen LogP contribution is 2.23. The zero-order chi connectivity index (χ0) is 16.2. The molecular formula is C18H27NO3. The quantitative estimate of drug-likeness (QED) is 0.543. The fourth-order valence-electron chi connectivity index (χ4n) is 2.83. The third-order valence-corrected chi connectivity index (χ3v) is 4.12. The van der Waals surface area contributed by atoms with Gasteiger partial charge in [-0.1, -0.05) is 30.9 Å². The molecule has 2 aliphatic rings. The van der Waals surface area contributed by atoms with E-state index in [-0.39, 0.29) is 0 Å². The maximum Gasteiger partial charge on any atom is 0.309 e. The Morgan fingerprint density at radius 1 is 0.864 bits per heavy atom. The molecule has 0 spiro atoms. The smallest absolute Gasteiger partial charge is 0.295 e. The summed E-state index contributed by atoms with van der Waals surface area (Å²) < 4.78 is 0. The first kappa shape index (κ1) is 18.5. The van der Waals surface area contributed by atoms with Crippen molar-refractivity contribution in [1.29, 1.82) is 0 Å². The van der Waals surface area contributed by atoms with Crippen molar-refractivity contribution in [3.05, 3.63) is 28.2 Å². The third kappa shape index (κ3) is 8.01. The van der Waals surface area contributed by atoms with Crippen LogP contribution in [0, 0.1) is 4.91 Å². The van der Waals surface area contributed by atoms with Crippen molar-refractivity contribution in [2.24, 2.45) is 5.18 Å². The molecule has 122 valence electrons. The molecule has 4 nitrogen and oxygen atoms in total.